The van der Waals surface area contributed by atoms with Crippen molar-refractivity contribution in [3.8, 4) is 34.0 Å². The van der Waals surface area contributed by atoms with Gasteiger partial charge in [-0.25, -0.2) is 33.7 Å². The van der Waals surface area contributed by atoms with Crippen molar-refractivity contribution in [1.29, 1.82) is 0 Å². The number of phenols is 1. The maximum absolute atomic E-state index is 14.5. The van der Waals surface area contributed by atoms with Gasteiger partial charge in [-0.15, -0.1) is 0 Å². The van der Waals surface area contributed by atoms with E-state index in [1.807, 2.05) is 34.1 Å². The number of rotatable bonds is 14. The summed E-state index contributed by atoms with van der Waals surface area (Å²) in [6, 6.07) is 12.9. The monoisotopic (exact) mass is 836 g/mol. The van der Waals surface area contributed by atoms with Crippen LogP contribution in [0.1, 0.15) is 52.0 Å². The zero-order valence-corrected chi connectivity index (χ0v) is 34.8. The number of piperidine rings is 2. The fraction of sp³-hybridized carbons (Fsp3) is 0.444. The molecule has 322 valence electrons. The number of carbonyl (C=O) groups is 1. The van der Waals surface area contributed by atoms with E-state index in [-0.39, 0.29) is 12.4 Å². The van der Waals surface area contributed by atoms with Gasteiger partial charge in [0.05, 0.1) is 50.3 Å². The second-order valence-electron chi connectivity index (χ2n) is 16.6. The lowest BCUT2D eigenvalue weighted by Gasteiger charge is -2.32. The number of aliphatic hydroxyl groups is 1. The number of aromatic nitrogens is 6. The van der Waals surface area contributed by atoms with Crippen molar-refractivity contribution >= 4 is 39.8 Å². The molecule has 2 fully saturated rings. The third-order valence-electron chi connectivity index (χ3n) is 11.0. The van der Waals surface area contributed by atoms with Crippen LogP contribution < -0.4 is 14.5 Å². The van der Waals surface area contributed by atoms with Gasteiger partial charge < -0.3 is 43.9 Å². The van der Waals surface area contributed by atoms with E-state index in [0.29, 0.717) is 81.2 Å². The second-order valence-corrected chi connectivity index (χ2v) is 16.6. The molecule has 0 aliphatic carbocycles. The average Bonchev–Trinajstić information content (AvgIpc) is 3.84. The SMILES string of the molecule is CC(C)(C)c1c(-c2cnc(N3CCC[C@@H](O)C3)nc2)n(C(=O)O[C@@H]2CCCN(c3ncc(-c4cc5cc(OCCOCCOCCF)ccc5[nH]4)cn3)C2)c2ccc(O)cc12. The Hall–Kier alpha value is -5.84. The maximum atomic E-state index is 14.5. The van der Waals surface area contributed by atoms with E-state index in [1.165, 1.54) is 0 Å². The van der Waals surface area contributed by atoms with Gasteiger partial charge in [0, 0.05) is 77.5 Å². The number of phenolic OH excluding ortho intramolecular Hbond substituents is 1. The number of aromatic hydroxyl groups is 1. The van der Waals surface area contributed by atoms with Crippen LogP contribution >= 0.6 is 0 Å². The molecule has 0 bridgehead atoms. The zero-order valence-electron chi connectivity index (χ0n) is 34.8. The molecule has 0 spiro atoms. The van der Waals surface area contributed by atoms with Gasteiger partial charge in [-0.2, -0.15) is 0 Å². The highest BCUT2D eigenvalue weighted by atomic mass is 19.1. The molecule has 2 aliphatic rings. The molecule has 0 amide bonds. The van der Waals surface area contributed by atoms with Gasteiger partial charge in [0.25, 0.3) is 0 Å². The summed E-state index contributed by atoms with van der Waals surface area (Å²) < 4.78 is 36.4. The van der Waals surface area contributed by atoms with Crippen molar-refractivity contribution in [2.45, 2.75) is 64.1 Å². The van der Waals surface area contributed by atoms with Crippen LogP contribution in [-0.4, -0.2) is 124 Å². The van der Waals surface area contributed by atoms with Crippen molar-refractivity contribution in [2.75, 3.05) is 75.7 Å². The number of nitrogens with zero attached hydrogens (tertiary/aromatic N) is 7. The number of H-pyrrole nitrogens is 1. The Morgan fingerprint density at radius 1 is 0.836 bits per heavy atom. The van der Waals surface area contributed by atoms with Crippen molar-refractivity contribution in [3.63, 3.8) is 0 Å². The molecule has 16 heteroatoms. The minimum absolute atomic E-state index is 0.0806. The van der Waals surface area contributed by atoms with Gasteiger partial charge in [-0.05, 0) is 79.1 Å². The quantitative estimate of drug-likeness (QED) is 0.0956. The number of aromatic amines is 1. The number of aliphatic hydroxyl groups excluding tert-OH is 1. The minimum atomic E-state index is -0.537. The summed E-state index contributed by atoms with van der Waals surface area (Å²) in [7, 11) is 0. The summed E-state index contributed by atoms with van der Waals surface area (Å²) in [6.45, 7) is 9.65. The van der Waals surface area contributed by atoms with Crippen LogP contribution in [0.3, 0.4) is 0 Å². The molecule has 2 atom stereocenters. The Kier molecular flexibility index (Phi) is 12.6. The number of β-amino-alcohol motifs (C(OH)–C–C–N with tert-alkyl or cyclic N) is 1. The number of nitrogens with one attached hydrogen (secondary N) is 1. The van der Waals surface area contributed by atoms with E-state index in [9.17, 15) is 19.4 Å². The van der Waals surface area contributed by atoms with Gasteiger partial charge in [0.2, 0.25) is 11.9 Å². The van der Waals surface area contributed by atoms with Crippen LogP contribution in [-0.2, 0) is 19.6 Å². The van der Waals surface area contributed by atoms with E-state index in [0.717, 1.165) is 64.7 Å². The summed E-state index contributed by atoms with van der Waals surface area (Å²) >= 11 is 0. The summed E-state index contributed by atoms with van der Waals surface area (Å²) in [6.07, 6.45) is 8.67. The fourth-order valence-electron chi connectivity index (χ4n) is 8.23. The van der Waals surface area contributed by atoms with Gasteiger partial charge in [-0.3, -0.25) is 0 Å². The van der Waals surface area contributed by atoms with Gasteiger partial charge >= 0.3 is 6.09 Å². The highest BCUT2D eigenvalue weighted by molar-refractivity contribution is 6.00. The molecule has 4 aromatic heterocycles. The van der Waals surface area contributed by atoms with Crippen LogP contribution in [0.4, 0.5) is 21.1 Å². The summed E-state index contributed by atoms with van der Waals surface area (Å²) in [5.74, 6) is 1.88. The third kappa shape index (κ3) is 9.56. The lowest BCUT2D eigenvalue weighted by Crippen LogP contribution is -2.42. The van der Waals surface area contributed by atoms with Crippen LogP contribution in [0.2, 0.25) is 0 Å². The van der Waals surface area contributed by atoms with E-state index < -0.39 is 30.4 Å². The van der Waals surface area contributed by atoms with Crippen LogP contribution in [0, 0.1) is 0 Å². The Balaban J connectivity index is 0.962. The molecule has 0 saturated carbocycles. The molecule has 0 radical (unpaired) electrons. The van der Waals surface area contributed by atoms with Crippen molar-refractivity contribution in [2.24, 2.45) is 0 Å². The number of halogens is 1. The lowest BCUT2D eigenvalue weighted by atomic mass is 9.83. The molecular weight excluding hydrogens is 784 g/mol. The van der Waals surface area contributed by atoms with Crippen LogP contribution in [0.25, 0.3) is 44.3 Å². The first-order chi connectivity index (χ1) is 29.6. The molecule has 3 N–H and O–H groups in total. The molecule has 8 rings (SSSR count). The van der Waals surface area contributed by atoms with E-state index in [2.05, 4.69) is 25.8 Å². The first-order valence-electron chi connectivity index (χ1n) is 20.9. The average molecular weight is 837 g/mol. The maximum Gasteiger partial charge on any atom is 0.419 e. The number of carbonyl (C=O) groups excluding carboxylic acids is 1. The van der Waals surface area contributed by atoms with Crippen molar-refractivity contribution in [1.82, 2.24) is 29.5 Å². The molecule has 2 saturated heterocycles. The highest BCUT2D eigenvalue weighted by Gasteiger charge is 2.33. The van der Waals surface area contributed by atoms with Gasteiger partial charge in [-0.1, -0.05) is 20.8 Å². The Bertz CT molecular complexity index is 2430. The fourth-order valence-corrected chi connectivity index (χ4v) is 8.23. The Labute approximate surface area is 353 Å². The molecule has 2 aromatic carbocycles. The van der Waals surface area contributed by atoms with Gasteiger partial charge in [0.15, 0.2) is 0 Å². The van der Waals surface area contributed by atoms with Crippen LogP contribution in [0.5, 0.6) is 11.5 Å². The summed E-state index contributed by atoms with van der Waals surface area (Å²) in [5.41, 5.74) is 4.90. The molecule has 6 aromatic rings. The number of hydrogen-bond acceptors (Lipinski definition) is 13. The zero-order chi connectivity index (χ0) is 42.5. The molecule has 6 heterocycles. The van der Waals surface area contributed by atoms with Crippen molar-refractivity contribution in [3.05, 3.63) is 72.8 Å². The Morgan fingerprint density at radius 2 is 1.51 bits per heavy atom. The number of fused-ring (bicyclic) bond motifs is 2. The summed E-state index contributed by atoms with van der Waals surface area (Å²) in [5, 5.41) is 22.6. The van der Waals surface area contributed by atoms with E-state index in [4.69, 9.17) is 38.9 Å². The normalized spacial score (nSPS) is 17.3. The lowest BCUT2D eigenvalue weighted by molar-refractivity contribution is 0.0325. The smallest absolute Gasteiger partial charge is 0.419 e. The molecular formula is C45H53FN8O7. The predicted molar refractivity (Wildman–Crippen MR) is 230 cm³/mol. The highest BCUT2D eigenvalue weighted by Crippen LogP contribution is 2.42. The number of ether oxygens (including phenoxy) is 4. The summed E-state index contributed by atoms with van der Waals surface area (Å²) in [4.78, 5) is 40.8. The minimum Gasteiger partial charge on any atom is -0.508 e. The predicted octanol–water partition coefficient (Wildman–Crippen LogP) is 7.04. The topological polar surface area (TPSA) is 173 Å². The van der Waals surface area contributed by atoms with E-state index in [1.54, 1.807) is 47.6 Å². The van der Waals surface area contributed by atoms with Crippen molar-refractivity contribution < 1.29 is 38.3 Å². The number of benzene rings is 2. The standard InChI is InChI=1S/C45H53FN8O7/c1-45(2,3)40-36-22-32(55)8-11-39(36)54(41(40)31-25-49-42(50-26-31)52-13-4-6-33(56)27-52)44(57)61-35-7-5-14-53(28-35)43-47-23-30(24-48-43)38-21-29-20-34(9-10-37(29)51-38)60-19-18-59-17-16-58-15-12-46/h8-11,20-26,33,35,51,55-56H,4-7,12-19,27-28H2,1-3H3/t33-,35-/m1/s1. The number of alkyl halides is 1. The first-order valence-corrected chi connectivity index (χ1v) is 20.9. The van der Waals surface area contributed by atoms with E-state index >= 15 is 0 Å². The number of hydrogen-bond donors (Lipinski definition) is 3. The Morgan fingerprint density at radius 3 is 2.21 bits per heavy atom. The molecule has 0 unspecified atom stereocenters. The molecule has 2 aliphatic heterocycles. The molecule has 15 nitrogen and oxygen atoms in total. The first kappa shape index (κ1) is 41.9. The second kappa shape index (κ2) is 18.4. The third-order valence-corrected chi connectivity index (χ3v) is 11.0. The van der Waals surface area contributed by atoms with Crippen LogP contribution in [0.15, 0.2) is 67.3 Å². The largest absolute Gasteiger partial charge is 0.508 e. The number of anilines is 2. The van der Waals surface area contributed by atoms with Gasteiger partial charge in [0.1, 0.15) is 30.9 Å². The molecule has 61 heavy (non-hydrogen) atoms.